The lowest BCUT2D eigenvalue weighted by atomic mass is 9.95. The zero-order valence-electron chi connectivity index (χ0n) is 19.7. The number of carbonyl (C=O) groups is 1. The van der Waals surface area contributed by atoms with E-state index in [0.717, 1.165) is 35.5 Å². The van der Waals surface area contributed by atoms with Gasteiger partial charge >= 0.3 is 11.7 Å². The van der Waals surface area contributed by atoms with Crippen molar-refractivity contribution >= 4 is 6.03 Å². The maximum Gasteiger partial charge on any atom is 0.350 e. The van der Waals surface area contributed by atoms with Crippen molar-refractivity contribution in [2.45, 2.75) is 24.8 Å². The highest BCUT2D eigenvalue weighted by molar-refractivity contribution is 5.75. The van der Waals surface area contributed by atoms with Crippen LogP contribution in [0.3, 0.4) is 0 Å². The lowest BCUT2D eigenvalue weighted by Gasteiger charge is -2.33. The van der Waals surface area contributed by atoms with Crippen molar-refractivity contribution in [2.75, 3.05) is 13.1 Å². The molecule has 4 aromatic rings. The molecule has 1 N–H and O–H groups in total. The SMILES string of the molecule is Cn1nc(C2CCN(C(=O)NC(c3ccccc3)c3ccccc3)CC2)n(-c2ccccc2)c1=O. The third-order valence-electron chi connectivity index (χ3n) is 6.65. The highest BCUT2D eigenvalue weighted by Crippen LogP contribution is 2.28. The molecule has 2 heterocycles. The lowest BCUT2D eigenvalue weighted by molar-refractivity contribution is 0.178. The second-order valence-corrected chi connectivity index (χ2v) is 8.90. The minimum atomic E-state index is -0.221. The molecule has 0 radical (unpaired) electrons. The van der Waals surface area contributed by atoms with E-state index in [1.54, 1.807) is 11.6 Å². The van der Waals surface area contributed by atoms with Gasteiger partial charge in [0.2, 0.25) is 0 Å². The van der Waals surface area contributed by atoms with Gasteiger partial charge in [-0.2, -0.15) is 5.10 Å². The van der Waals surface area contributed by atoms with Gasteiger partial charge in [0.1, 0.15) is 5.82 Å². The van der Waals surface area contributed by atoms with Gasteiger partial charge in [0, 0.05) is 26.1 Å². The van der Waals surface area contributed by atoms with Crippen LogP contribution in [0.25, 0.3) is 5.69 Å². The second-order valence-electron chi connectivity index (χ2n) is 8.90. The number of aromatic nitrogens is 3. The number of urea groups is 1. The van der Waals surface area contributed by atoms with Crippen molar-refractivity contribution in [3.63, 3.8) is 0 Å². The van der Waals surface area contributed by atoms with Gasteiger partial charge in [-0.1, -0.05) is 78.9 Å². The molecule has 0 saturated carbocycles. The number of nitrogens with zero attached hydrogens (tertiary/aromatic N) is 4. The Morgan fingerprint density at radius 3 is 1.91 bits per heavy atom. The van der Waals surface area contributed by atoms with E-state index in [4.69, 9.17) is 0 Å². The third kappa shape index (κ3) is 4.75. The summed E-state index contributed by atoms with van der Waals surface area (Å²) >= 11 is 0. The number of rotatable bonds is 5. The molecule has 1 fully saturated rings. The van der Waals surface area contributed by atoms with Gasteiger partial charge in [-0.05, 0) is 36.1 Å². The molecule has 7 heteroatoms. The molecule has 3 aromatic carbocycles. The molecule has 0 aliphatic carbocycles. The van der Waals surface area contributed by atoms with E-state index in [1.807, 2.05) is 95.9 Å². The molecule has 178 valence electrons. The van der Waals surface area contributed by atoms with Gasteiger partial charge < -0.3 is 10.2 Å². The highest BCUT2D eigenvalue weighted by Gasteiger charge is 2.30. The number of para-hydroxylation sites is 1. The zero-order valence-corrected chi connectivity index (χ0v) is 19.7. The average Bonchev–Trinajstić information content (AvgIpc) is 3.22. The molecule has 1 aromatic heterocycles. The summed E-state index contributed by atoms with van der Waals surface area (Å²) in [5, 5.41) is 7.79. The molecule has 0 spiro atoms. The van der Waals surface area contributed by atoms with Gasteiger partial charge in [0.25, 0.3) is 0 Å². The average molecular weight is 468 g/mol. The van der Waals surface area contributed by atoms with Crippen molar-refractivity contribution in [1.29, 1.82) is 0 Å². The Hall–Kier alpha value is -4.13. The summed E-state index contributed by atoms with van der Waals surface area (Å²) in [4.78, 5) is 27.9. The summed E-state index contributed by atoms with van der Waals surface area (Å²) in [6.07, 6.45) is 1.50. The van der Waals surface area contributed by atoms with Crippen LogP contribution in [-0.4, -0.2) is 38.4 Å². The van der Waals surface area contributed by atoms with E-state index in [-0.39, 0.29) is 23.7 Å². The molecule has 5 rings (SSSR count). The number of carbonyl (C=O) groups excluding carboxylic acids is 1. The van der Waals surface area contributed by atoms with Gasteiger partial charge in [-0.15, -0.1) is 0 Å². The number of aryl methyl sites for hydroxylation is 1. The van der Waals surface area contributed by atoms with Crippen molar-refractivity contribution in [1.82, 2.24) is 24.6 Å². The predicted octanol–water partition coefficient (Wildman–Crippen LogP) is 4.25. The van der Waals surface area contributed by atoms with Crippen LogP contribution in [0.5, 0.6) is 0 Å². The van der Waals surface area contributed by atoms with Crippen molar-refractivity contribution in [3.05, 3.63) is 118 Å². The Morgan fingerprint density at radius 2 is 1.37 bits per heavy atom. The van der Waals surface area contributed by atoms with Crippen LogP contribution < -0.4 is 11.0 Å². The minimum Gasteiger partial charge on any atom is -0.327 e. The molecule has 0 bridgehead atoms. The highest BCUT2D eigenvalue weighted by atomic mass is 16.2. The Labute approximate surface area is 204 Å². The first-order valence-electron chi connectivity index (χ1n) is 12.0. The first kappa shape index (κ1) is 22.7. The van der Waals surface area contributed by atoms with E-state index in [0.29, 0.717) is 13.1 Å². The maximum absolute atomic E-state index is 13.3. The third-order valence-corrected chi connectivity index (χ3v) is 6.65. The van der Waals surface area contributed by atoms with Crippen molar-refractivity contribution in [3.8, 4) is 5.69 Å². The number of hydrogen-bond acceptors (Lipinski definition) is 3. The lowest BCUT2D eigenvalue weighted by Crippen LogP contribution is -2.45. The quantitative estimate of drug-likeness (QED) is 0.477. The van der Waals surface area contributed by atoms with Crippen LogP contribution in [0.1, 0.15) is 41.8 Å². The summed E-state index contributed by atoms with van der Waals surface area (Å²) in [5.74, 6) is 0.863. The largest absolute Gasteiger partial charge is 0.350 e. The van der Waals surface area contributed by atoms with E-state index in [9.17, 15) is 9.59 Å². The monoisotopic (exact) mass is 467 g/mol. The molecule has 0 unspecified atom stereocenters. The molecule has 0 atom stereocenters. The van der Waals surface area contributed by atoms with Crippen LogP contribution in [0, 0.1) is 0 Å². The van der Waals surface area contributed by atoms with E-state index < -0.39 is 0 Å². The molecule has 35 heavy (non-hydrogen) atoms. The van der Waals surface area contributed by atoms with Crippen LogP contribution in [-0.2, 0) is 7.05 Å². The Kier molecular flexibility index (Phi) is 6.48. The second kappa shape index (κ2) is 10.0. The predicted molar refractivity (Wildman–Crippen MR) is 136 cm³/mol. The molecule has 2 amide bonds. The van der Waals surface area contributed by atoms with Crippen LogP contribution >= 0.6 is 0 Å². The summed E-state index contributed by atoms with van der Waals surface area (Å²) in [5.41, 5.74) is 2.75. The standard InChI is InChI=1S/C28H29N5O2/c1-31-28(35)33(24-15-9-4-10-16-24)26(30-31)23-17-19-32(20-18-23)27(34)29-25(21-11-5-2-6-12-21)22-13-7-3-8-14-22/h2-16,23,25H,17-20H2,1H3,(H,29,34). The molecule has 1 aliphatic heterocycles. The van der Waals surface area contributed by atoms with Gasteiger partial charge in [-0.3, -0.25) is 0 Å². The van der Waals surface area contributed by atoms with Crippen LogP contribution in [0.15, 0.2) is 95.8 Å². The normalized spacial score (nSPS) is 14.3. The van der Waals surface area contributed by atoms with Crippen molar-refractivity contribution < 1.29 is 4.79 Å². The summed E-state index contributed by atoms with van der Waals surface area (Å²) < 4.78 is 3.09. The van der Waals surface area contributed by atoms with Gasteiger partial charge in [-0.25, -0.2) is 18.8 Å². The number of likely N-dealkylation sites (tertiary alicyclic amines) is 1. The summed E-state index contributed by atoms with van der Waals surface area (Å²) in [6, 6.07) is 29.4. The summed E-state index contributed by atoms with van der Waals surface area (Å²) in [7, 11) is 1.68. The first-order valence-corrected chi connectivity index (χ1v) is 12.0. The number of nitrogens with one attached hydrogen (secondary N) is 1. The first-order chi connectivity index (χ1) is 17.1. The fraction of sp³-hybridized carbons (Fsp3) is 0.250. The Bertz CT molecular complexity index is 1280. The zero-order chi connectivity index (χ0) is 24.2. The molecular formula is C28H29N5O2. The molecule has 1 saturated heterocycles. The van der Waals surface area contributed by atoms with E-state index >= 15 is 0 Å². The maximum atomic E-state index is 13.3. The van der Waals surface area contributed by atoms with E-state index in [2.05, 4.69) is 10.4 Å². The van der Waals surface area contributed by atoms with Gasteiger partial charge in [0.15, 0.2) is 0 Å². The Balaban J connectivity index is 1.31. The molecule has 1 aliphatic rings. The summed E-state index contributed by atoms with van der Waals surface area (Å²) in [6.45, 7) is 1.21. The molecular weight excluding hydrogens is 438 g/mol. The number of piperidine rings is 1. The number of hydrogen-bond donors (Lipinski definition) is 1. The van der Waals surface area contributed by atoms with Crippen LogP contribution in [0.4, 0.5) is 4.79 Å². The topological polar surface area (TPSA) is 72.2 Å². The Morgan fingerprint density at radius 1 is 0.857 bits per heavy atom. The van der Waals surface area contributed by atoms with Gasteiger partial charge in [0.05, 0.1) is 11.7 Å². The van der Waals surface area contributed by atoms with Crippen LogP contribution in [0.2, 0.25) is 0 Å². The van der Waals surface area contributed by atoms with Crippen molar-refractivity contribution in [2.24, 2.45) is 7.05 Å². The minimum absolute atomic E-state index is 0.0809. The van der Waals surface area contributed by atoms with E-state index in [1.165, 1.54) is 4.68 Å². The fourth-order valence-electron chi connectivity index (χ4n) is 4.77. The number of benzene rings is 3. The smallest absolute Gasteiger partial charge is 0.327 e. The fourth-order valence-corrected chi connectivity index (χ4v) is 4.77. The molecule has 7 nitrogen and oxygen atoms in total. The number of amides is 2.